The quantitative estimate of drug-likeness (QED) is 0.779. The highest BCUT2D eigenvalue weighted by atomic mass is 35.5. The number of halogens is 1. The number of carbonyl (C=O) groups is 2. The minimum Gasteiger partial charge on any atom is -0.460 e. The molecule has 1 N–H and O–H groups in total. The van der Waals surface area contributed by atoms with Crippen LogP contribution in [0.5, 0.6) is 6.01 Å². The van der Waals surface area contributed by atoms with Gasteiger partial charge >= 0.3 is 6.01 Å². The van der Waals surface area contributed by atoms with Gasteiger partial charge in [-0.05, 0) is 38.5 Å². The molecule has 9 heteroatoms. The van der Waals surface area contributed by atoms with Crippen molar-refractivity contribution in [2.24, 2.45) is 5.92 Å². The van der Waals surface area contributed by atoms with Gasteiger partial charge in [0.05, 0.1) is 23.3 Å². The number of hydrogen-bond acceptors (Lipinski definition) is 6. The highest BCUT2D eigenvalue weighted by Gasteiger charge is 2.39. The van der Waals surface area contributed by atoms with Gasteiger partial charge in [-0.2, -0.15) is 0 Å². The van der Waals surface area contributed by atoms with E-state index in [0.29, 0.717) is 37.2 Å². The molecule has 2 amide bonds. The van der Waals surface area contributed by atoms with E-state index in [1.807, 2.05) is 4.90 Å². The predicted molar refractivity (Wildman–Crippen MR) is 106 cm³/mol. The van der Waals surface area contributed by atoms with Gasteiger partial charge in [0.25, 0.3) is 0 Å². The van der Waals surface area contributed by atoms with E-state index >= 15 is 0 Å². The molecule has 1 aromatic heterocycles. The van der Waals surface area contributed by atoms with Crippen molar-refractivity contribution in [2.75, 3.05) is 19.8 Å². The number of ether oxygens (including phenoxy) is 2. The van der Waals surface area contributed by atoms with Crippen LogP contribution in [0, 0.1) is 5.92 Å². The lowest BCUT2D eigenvalue weighted by Crippen LogP contribution is -2.44. The van der Waals surface area contributed by atoms with Crippen LogP contribution >= 0.6 is 11.6 Å². The topological polar surface area (TPSA) is 93.7 Å². The Labute approximate surface area is 175 Å². The van der Waals surface area contributed by atoms with Gasteiger partial charge in [-0.3, -0.25) is 9.59 Å². The average Bonchev–Trinajstić information content (AvgIpc) is 3.14. The van der Waals surface area contributed by atoms with Gasteiger partial charge in [0, 0.05) is 38.3 Å². The largest absolute Gasteiger partial charge is 0.460 e. The summed E-state index contributed by atoms with van der Waals surface area (Å²) in [7, 11) is 0. The van der Waals surface area contributed by atoms with Crippen molar-refractivity contribution in [3.05, 3.63) is 17.4 Å². The second-order valence-electron chi connectivity index (χ2n) is 8.07. The molecule has 0 radical (unpaired) electrons. The first-order chi connectivity index (χ1) is 14.1. The van der Waals surface area contributed by atoms with Gasteiger partial charge in [0.1, 0.15) is 6.10 Å². The van der Waals surface area contributed by atoms with E-state index in [1.54, 1.807) is 0 Å². The van der Waals surface area contributed by atoms with Crippen LogP contribution in [-0.2, 0) is 14.3 Å². The Morgan fingerprint density at radius 3 is 2.52 bits per heavy atom. The van der Waals surface area contributed by atoms with Gasteiger partial charge in [-0.25, -0.2) is 9.97 Å². The van der Waals surface area contributed by atoms with Crippen molar-refractivity contribution in [3.63, 3.8) is 0 Å². The summed E-state index contributed by atoms with van der Waals surface area (Å²) < 4.78 is 11.2. The van der Waals surface area contributed by atoms with E-state index in [4.69, 9.17) is 21.1 Å². The lowest BCUT2D eigenvalue weighted by molar-refractivity contribution is -0.131. The van der Waals surface area contributed by atoms with Gasteiger partial charge in [-0.15, -0.1) is 0 Å². The van der Waals surface area contributed by atoms with Gasteiger partial charge in [0.2, 0.25) is 11.8 Å². The van der Waals surface area contributed by atoms with Crippen molar-refractivity contribution in [3.8, 4) is 6.01 Å². The van der Waals surface area contributed by atoms with Crippen LogP contribution in [0.1, 0.15) is 44.9 Å². The Hall–Kier alpha value is -1.93. The third kappa shape index (κ3) is 5.17. The third-order valence-corrected chi connectivity index (χ3v) is 6.25. The normalized spacial score (nSPS) is 28.4. The maximum Gasteiger partial charge on any atom is 0.316 e. The number of rotatable bonds is 5. The second-order valence-corrected chi connectivity index (χ2v) is 8.51. The standard InChI is InChI=1S/C20H27ClN4O4/c21-14-10-22-20(23-11-14)29-17-3-1-15(2-4-17)24-19(27)13-9-18(26)25(12-13)16-5-7-28-8-6-16/h10-11,13,15-17H,1-9,12H2,(H,24,27). The first-order valence-corrected chi connectivity index (χ1v) is 10.8. The summed E-state index contributed by atoms with van der Waals surface area (Å²) in [5.74, 6) is -0.155. The lowest BCUT2D eigenvalue weighted by Gasteiger charge is -2.31. The molecular formula is C20H27ClN4O4. The molecule has 3 heterocycles. The van der Waals surface area contributed by atoms with Crippen molar-refractivity contribution in [1.82, 2.24) is 20.2 Å². The number of hydrogen-bond donors (Lipinski definition) is 1. The summed E-state index contributed by atoms with van der Waals surface area (Å²) >= 11 is 5.79. The Morgan fingerprint density at radius 2 is 1.83 bits per heavy atom. The number of nitrogens with zero attached hydrogens (tertiary/aromatic N) is 3. The first-order valence-electron chi connectivity index (χ1n) is 10.4. The molecule has 0 spiro atoms. The monoisotopic (exact) mass is 422 g/mol. The number of amides is 2. The van der Waals surface area contributed by atoms with E-state index in [2.05, 4.69) is 15.3 Å². The summed E-state index contributed by atoms with van der Waals surface area (Å²) in [5, 5.41) is 3.63. The van der Waals surface area contributed by atoms with Crippen molar-refractivity contribution < 1.29 is 19.1 Å². The van der Waals surface area contributed by atoms with E-state index in [0.717, 1.165) is 38.5 Å². The zero-order valence-corrected chi connectivity index (χ0v) is 17.1. The van der Waals surface area contributed by atoms with Crippen LogP contribution < -0.4 is 10.1 Å². The van der Waals surface area contributed by atoms with Crippen LogP contribution in [0.3, 0.4) is 0 Å². The maximum atomic E-state index is 12.7. The number of carbonyl (C=O) groups excluding carboxylic acids is 2. The molecule has 8 nitrogen and oxygen atoms in total. The predicted octanol–water partition coefficient (Wildman–Crippen LogP) is 1.96. The smallest absolute Gasteiger partial charge is 0.316 e. The van der Waals surface area contributed by atoms with E-state index < -0.39 is 0 Å². The molecular weight excluding hydrogens is 396 g/mol. The summed E-state index contributed by atoms with van der Waals surface area (Å²) in [5.41, 5.74) is 0. The molecule has 1 aliphatic carbocycles. The zero-order valence-electron chi connectivity index (χ0n) is 16.4. The van der Waals surface area contributed by atoms with E-state index in [-0.39, 0.29) is 35.9 Å². The molecule has 1 atom stereocenters. The van der Waals surface area contributed by atoms with Gasteiger partial charge < -0.3 is 19.7 Å². The molecule has 158 valence electrons. The molecule has 2 aliphatic heterocycles. The van der Waals surface area contributed by atoms with E-state index in [9.17, 15) is 9.59 Å². The van der Waals surface area contributed by atoms with Crippen LogP contribution in [-0.4, -0.2) is 64.6 Å². The average molecular weight is 423 g/mol. The summed E-state index contributed by atoms with van der Waals surface area (Å²) in [6, 6.07) is 0.678. The third-order valence-electron chi connectivity index (χ3n) is 6.05. The summed E-state index contributed by atoms with van der Waals surface area (Å²) in [4.78, 5) is 35.1. The molecule has 0 aromatic carbocycles. The Balaban J connectivity index is 1.21. The Kier molecular flexibility index (Phi) is 6.50. The van der Waals surface area contributed by atoms with Crippen molar-refractivity contribution >= 4 is 23.4 Å². The van der Waals surface area contributed by atoms with Crippen molar-refractivity contribution in [1.29, 1.82) is 0 Å². The number of aromatic nitrogens is 2. The molecule has 1 saturated carbocycles. The molecule has 3 fully saturated rings. The summed E-state index contributed by atoms with van der Waals surface area (Å²) in [6.45, 7) is 1.91. The molecule has 1 aromatic rings. The fourth-order valence-electron chi connectivity index (χ4n) is 4.41. The second kappa shape index (κ2) is 9.26. The zero-order chi connectivity index (χ0) is 20.2. The molecule has 2 saturated heterocycles. The Bertz CT molecular complexity index is 718. The molecule has 29 heavy (non-hydrogen) atoms. The summed E-state index contributed by atoms with van der Waals surface area (Å²) in [6.07, 6.45) is 8.45. The molecule has 4 rings (SSSR count). The highest BCUT2D eigenvalue weighted by molar-refractivity contribution is 6.30. The van der Waals surface area contributed by atoms with Crippen LogP contribution in [0.15, 0.2) is 12.4 Å². The molecule has 0 bridgehead atoms. The van der Waals surface area contributed by atoms with Crippen molar-refractivity contribution in [2.45, 2.75) is 63.1 Å². The first kappa shape index (κ1) is 20.3. The van der Waals surface area contributed by atoms with Gasteiger partial charge in [0.15, 0.2) is 0 Å². The number of nitrogens with one attached hydrogen (secondary N) is 1. The van der Waals surface area contributed by atoms with E-state index in [1.165, 1.54) is 12.4 Å². The minimum atomic E-state index is -0.248. The maximum absolute atomic E-state index is 12.7. The van der Waals surface area contributed by atoms with Crippen LogP contribution in [0.2, 0.25) is 5.02 Å². The fourth-order valence-corrected chi connectivity index (χ4v) is 4.51. The van der Waals surface area contributed by atoms with Crippen LogP contribution in [0.25, 0.3) is 0 Å². The molecule has 1 unspecified atom stereocenters. The Morgan fingerprint density at radius 1 is 1.14 bits per heavy atom. The molecule has 3 aliphatic rings. The SMILES string of the molecule is O=C(NC1CCC(Oc2ncc(Cl)cn2)CC1)C1CC(=O)N(C2CCOCC2)C1. The van der Waals surface area contributed by atoms with Crippen LogP contribution in [0.4, 0.5) is 0 Å². The highest BCUT2D eigenvalue weighted by Crippen LogP contribution is 2.27. The minimum absolute atomic E-state index is 0.00156. The lowest BCUT2D eigenvalue weighted by atomic mass is 9.92. The van der Waals surface area contributed by atoms with Gasteiger partial charge in [-0.1, -0.05) is 11.6 Å². The number of likely N-dealkylation sites (tertiary alicyclic amines) is 1. The fraction of sp³-hybridized carbons (Fsp3) is 0.700.